The van der Waals surface area contributed by atoms with Gasteiger partial charge in [0.15, 0.2) is 0 Å². The van der Waals surface area contributed by atoms with E-state index in [2.05, 4.69) is 41.6 Å². The Balaban J connectivity index is 1.71. The van der Waals surface area contributed by atoms with Crippen molar-refractivity contribution in [3.05, 3.63) is 83.0 Å². The van der Waals surface area contributed by atoms with Gasteiger partial charge in [-0.1, -0.05) is 35.9 Å². The molecule has 2 aromatic carbocycles. The first-order valence-electron chi connectivity index (χ1n) is 8.20. The van der Waals surface area contributed by atoms with Gasteiger partial charge in [0.1, 0.15) is 5.82 Å². The number of nitrogens with zero attached hydrogens (tertiary/aromatic N) is 1. The van der Waals surface area contributed by atoms with Crippen LogP contribution in [0.1, 0.15) is 27.0 Å². The molecule has 25 heavy (non-hydrogen) atoms. The number of nitrogens with one attached hydrogen (secondary N) is 2. The highest BCUT2D eigenvalue weighted by Gasteiger charge is 2.07. The van der Waals surface area contributed by atoms with Crippen molar-refractivity contribution >= 4 is 23.1 Å². The quantitative estimate of drug-likeness (QED) is 0.707. The summed E-state index contributed by atoms with van der Waals surface area (Å²) in [6.45, 7) is 6.09. The monoisotopic (exact) mass is 331 g/mol. The number of aryl methyl sites for hydroxylation is 3. The van der Waals surface area contributed by atoms with E-state index in [-0.39, 0.29) is 5.91 Å². The smallest absolute Gasteiger partial charge is 0.255 e. The number of rotatable bonds is 4. The molecule has 126 valence electrons. The number of hydrogen-bond donors (Lipinski definition) is 2. The maximum atomic E-state index is 12.3. The minimum Gasteiger partial charge on any atom is -0.340 e. The molecule has 1 amide bonds. The van der Waals surface area contributed by atoms with Crippen molar-refractivity contribution in [2.75, 3.05) is 10.6 Å². The molecule has 0 unspecified atom stereocenters. The number of para-hydroxylation sites is 1. The minimum absolute atomic E-state index is 0.138. The van der Waals surface area contributed by atoms with Crippen LogP contribution in [0, 0.1) is 20.8 Å². The Morgan fingerprint density at radius 2 is 1.64 bits per heavy atom. The summed E-state index contributed by atoms with van der Waals surface area (Å²) in [4.78, 5) is 16.7. The van der Waals surface area contributed by atoms with Gasteiger partial charge in [0.25, 0.3) is 5.91 Å². The van der Waals surface area contributed by atoms with Crippen LogP contribution in [0.4, 0.5) is 17.2 Å². The second-order valence-electron chi connectivity index (χ2n) is 6.15. The van der Waals surface area contributed by atoms with Gasteiger partial charge in [-0.3, -0.25) is 4.79 Å². The van der Waals surface area contributed by atoms with Crippen LogP contribution in [0.3, 0.4) is 0 Å². The molecule has 1 heterocycles. The highest BCUT2D eigenvalue weighted by molar-refractivity contribution is 6.04. The van der Waals surface area contributed by atoms with E-state index in [1.165, 1.54) is 11.1 Å². The van der Waals surface area contributed by atoms with Crippen LogP contribution in [-0.2, 0) is 0 Å². The summed E-state index contributed by atoms with van der Waals surface area (Å²) in [6, 6.07) is 17.4. The summed E-state index contributed by atoms with van der Waals surface area (Å²) in [6.07, 6.45) is 1.66. The fourth-order valence-corrected chi connectivity index (χ4v) is 2.67. The molecule has 0 saturated carbocycles. The Labute approximate surface area is 147 Å². The molecular formula is C21H21N3O. The molecule has 0 saturated heterocycles. The van der Waals surface area contributed by atoms with E-state index in [0.717, 1.165) is 17.1 Å². The van der Waals surface area contributed by atoms with Crippen LogP contribution < -0.4 is 10.6 Å². The number of amides is 1. The van der Waals surface area contributed by atoms with Crippen molar-refractivity contribution in [2.24, 2.45) is 0 Å². The largest absolute Gasteiger partial charge is 0.340 e. The zero-order chi connectivity index (χ0) is 17.8. The first kappa shape index (κ1) is 16.7. The van der Waals surface area contributed by atoms with Gasteiger partial charge in [-0.05, 0) is 56.2 Å². The number of anilines is 3. The molecule has 0 aliphatic heterocycles. The number of benzene rings is 2. The van der Waals surface area contributed by atoms with Crippen LogP contribution in [0.15, 0.2) is 60.8 Å². The number of aromatic nitrogens is 1. The second kappa shape index (κ2) is 7.18. The minimum atomic E-state index is -0.138. The maximum absolute atomic E-state index is 12.3. The SMILES string of the molecule is Cc1cccc(C(=O)Nc2ccc(Nc3c(C)cccc3C)nc2)c1. The first-order chi connectivity index (χ1) is 12.0. The summed E-state index contributed by atoms with van der Waals surface area (Å²) in [5, 5.41) is 6.21. The Kier molecular flexibility index (Phi) is 4.80. The fraction of sp³-hybridized carbons (Fsp3) is 0.143. The van der Waals surface area contributed by atoms with Gasteiger partial charge in [-0.25, -0.2) is 4.98 Å². The highest BCUT2D eigenvalue weighted by Crippen LogP contribution is 2.23. The Hall–Kier alpha value is -3.14. The van der Waals surface area contributed by atoms with Gasteiger partial charge in [-0.2, -0.15) is 0 Å². The summed E-state index contributed by atoms with van der Waals surface area (Å²) in [5.74, 6) is 0.604. The molecule has 0 fully saturated rings. The molecule has 4 nitrogen and oxygen atoms in total. The molecule has 0 radical (unpaired) electrons. The van der Waals surface area contributed by atoms with E-state index >= 15 is 0 Å². The van der Waals surface area contributed by atoms with Crippen molar-refractivity contribution < 1.29 is 4.79 Å². The fourth-order valence-electron chi connectivity index (χ4n) is 2.67. The maximum Gasteiger partial charge on any atom is 0.255 e. The van der Waals surface area contributed by atoms with Crippen LogP contribution in [0.5, 0.6) is 0 Å². The zero-order valence-electron chi connectivity index (χ0n) is 14.6. The van der Waals surface area contributed by atoms with Gasteiger partial charge in [-0.15, -0.1) is 0 Å². The summed E-state index contributed by atoms with van der Waals surface area (Å²) in [5.41, 5.74) is 5.75. The van der Waals surface area contributed by atoms with Crippen LogP contribution in [0.2, 0.25) is 0 Å². The molecule has 4 heteroatoms. The molecule has 0 aliphatic rings. The summed E-state index contributed by atoms with van der Waals surface area (Å²) >= 11 is 0. The lowest BCUT2D eigenvalue weighted by Crippen LogP contribution is -2.12. The predicted octanol–water partition coefficient (Wildman–Crippen LogP) is 5.00. The van der Waals surface area contributed by atoms with Gasteiger partial charge < -0.3 is 10.6 Å². The first-order valence-corrected chi connectivity index (χ1v) is 8.20. The third kappa shape index (κ3) is 4.04. The highest BCUT2D eigenvalue weighted by atomic mass is 16.1. The molecule has 3 aromatic rings. The van der Waals surface area contributed by atoms with Crippen molar-refractivity contribution in [3.8, 4) is 0 Å². The number of carbonyl (C=O) groups is 1. The average molecular weight is 331 g/mol. The van der Waals surface area contributed by atoms with Crippen molar-refractivity contribution in [1.29, 1.82) is 0 Å². The van der Waals surface area contributed by atoms with Crippen molar-refractivity contribution in [3.63, 3.8) is 0 Å². The van der Waals surface area contributed by atoms with E-state index in [1.807, 2.05) is 43.3 Å². The summed E-state index contributed by atoms with van der Waals surface area (Å²) < 4.78 is 0. The van der Waals surface area contributed by atoms with E-state index in [4.69, 9.17) is 0 Å². The second-order valence-corrected chi connectivity index (χ2v) is 6.15. The Morgan fingerprint density at radius 1 is 0.920 bits per heavy atom. The van der Waals surface area contributed by atoms with Crippen molar-refractivity contribution in [2.45, 2.75) is 20.8 Å². The van der Waals surface area contributed by atoms with E-state index < -0.39 is 0 Å². The summed E-state index contributed by atoms with van der Waals surface area (Å²) in [7, 11) is 0. The number of carbonyl (C=O) groups excluding carboxylic acids is 1. The molecule has 0 aliphatic carbocycles. The predicted molar refractivity (Wildman–Crippen MR) is 103 cm³/mol. The molecular weight excluding hydrogens is 310 g/mol. The van der Waals surface area contributed by atoms with E-state index in [1.54, 1.807) is 12.3 Å². The zero-order valence-corrected chi connectivity index (χ0v) is 14.6. The lowest BCUT2D eigenvalue weighted by atomic mass is 10.1. The third-order valence-corrected chi connectivity index (χ3v) is 4.04. The van der Waals surface area contributed by atoms with Gasteiger partial charge in [0.05, 0.1) is 11.9 Å². The van der Waals surface area contributed by atoms with Crippen LogP contribution in [0.25, 0.3) is 0 Å². The molecule has 0 spiro atoms. The van der Waals surface area contributed by atoms with Crippen LogP contribution >= 0.6 is 0 Å². The number of hydrogen-bond acceptors (Lipinski definition) is 3. The van der Waals surface area contributed by atoms with Gasteiger partial charge in [0.2, 0.25) is 0 Å². The molecule has 3 rings (SSSR count). The van der Waals surface area contributed by atoms with Gasteiger partial charge in [0, 0.05) is 11.3 Å². The molecule has 0 atom stereocenters. The molecule has 0 bridgehead atoms. The number of pyridine rings is 1. The van der Waals surface area contributed by atoms with Crippen LogP contribution in [-0.4, -0.2) is 10.9 Å². The van der Waals surface area contributed by atoms with E-state index in [0.29, 0.717) is 11.3 Å². The van der Waals surface area contributed by atoms with Crippen molar-refractivity contribution in [1.82, 2.24) is 4.98 Å². The standard InChI is InChI=1S/C21H21N3O/c1-14-6-4-9-17(12-14)21(25)23-18-10-11-19(22-13-18)24-20-15(2)7-5-8-16(20)3/h4-13H,1-3H3,(H,22,24)(H,23,25). The molecule has 2 N–H and O–H groups in total. The van der Waals surface area contributed by atoms with E-state index in [9.17, 15) is 4.79 Å². The molecule has 1 aromatic heterocycles. The normalized spacial score (nSPS) is 10.4. The average Bonchev–Trinajstić information content (AvgIpc) is 2.60. The third-order valence-electron chi connectivity index (χ3n) is 4.04. The Morgan fingerprint density at radius 3 is 2.28 bits per heavy atom. The van der Waals surface area contributed by atoms with Gasteiger partial charge >= 0.3 is 0 Å². The lowest BCUT2D eigenvalue weighted by molar-refractivity contribution is 0.102. The lowest BCUT2D eigenvalue weighted by Gasteiger charge is -2.12. The topological polar surface area (TPSA) is 54.0 Å². The Bertz CT molecular complexity index is 881.